The molecular weight excluding hydrogens is 476 g/mol. The van der Waals surface area contributed by atoms with Crippen LogP contribution in [-0.4, -0.2) is 77.8 Å². The topological polar surface area (TPSA) is 241 Å². The van der Waals surface area contributed by atoms with E-state index in [4.69, 9.17) is 22.9 Å². The number of nitrogens with one attached hydrogen (secondary N) is 3. The zero-order chi connectivity index (χ0) is 27.0. The Labute approximate surface area is 212 Å². The molecule has 0 aliphatic heterocycles. The summed E-state index contributed by atoms with van der Waals surface area (Å²) in [5.41, 5.74) is 21.9. The van der Waals surface area contributed by atoms with Crippen molar-refractivity contribution in [3.05, 3.63) is 0 Å². The summed E-state index contributed by atoms with van der Waals surface area (Å²) < 4.78 is 0. The van der Waals surface area contributed by atoms with Crippen LogP contribution in [0.1, 0.15) is 52.4 Å². The first-order valence-corrected chi connectivity index (χ1v) is 12.3. The fourth-order valence-electron chi connectivity index (χ4n) is 3.12. The average molecular weight is 519 g/mol. The van der Waals surface area contributed by atoms with Gasteiger partial charge in [0, 0.05) is 12.3 Å². The number of hydrogen-bond donors (Lipinski definition) is 9. The number of rotatable bonds is 18. The molecule has 0 saturated carbocycles. The highest BCUT2D eigenvalue weighted by Crippen LogP contribution is 2.07. The quantitative estimate of drug-likeness (QED) is 0.0421. The summed E-state index contributed by atoms with van der Waals surface area (Å²) in [6, 6.07) is -4.07. The van der Waals surface area contributed by atoms with Crippen molar-refractivity contribution in [2.75, 3.05) is 18.8 Å². The molecule has 0 aliphatic rings. The van der Waals surface area contributed by atoms with E-state index in [1.165, 1.54) is 0 Å². The fourth-order valence-corrected chi connectivity index (χ4v) is 3.38. The van der Waals surface area contributed by atoms with Gasteiger partial charge >= 0.3 is 5.97 Å². The maximum Gasteiger partial charge on any atom is 0.326 e. The maximum absolute atomic E-state index is 12.9. The molecule has 4 unspecified atom stereocenters. The number of unbranched alkanes of at least 4 members (excludes halogenated alkanes) is 1. The van der Waals surface area contributed by atoms with Gasteiger partial charge in [0.25, 0.3) is 0 Å². The van der Waals surface area contributed by atoms with Gasteiger partial charge in [-0.2, -0.15) is 12.6 Å². The van der Waals surface area contributed by atoms with Gasteiger partial charge in [-0.15, -0.1) is 0 Å². The van der Waals surface area contributed by atoms with Crippen LogP contribution in [0.2, 0.25) is 0 Å². The second-order valence-corrected chi connectivity index (χ2v) is 9.04. The number of carboxylic acids is 1. The van der Waals surface area contributed by atoms with E-state index < -0.39 is 47.9 Å². The first kappa shape index (κ1) is 32.4. The molecule has 0 heterocycles. The van der Waals surface area contributed by atoms with Gasteiger partial charge in [0.05, 0.1) is 6.04 Å². The lowest BCUT2D eigenvalue weighted by molar-refractivity contribution is -0.142. The summed E-state index contributed by atoms with van der Waals surface area (Å²) in [4.78, 5) is 53.5. The minimum Gasteiger partial charge on any atom is -0.480 e. The van der Waals surface area contributed by atoms with Crippen LogP contribution in [0.4, 0.5) is 0 Å². The molecule has 0 saturated heterocycles. The third-order valence-corrected chi connectivity index (χ3v) is 5.39. The summed E-state index contributed by atoms with van der Waals surface area (Å²) in [6.07, 6.45) is 2.49. The maximum atomic E-state index is 12.9. The number of thiol groups is 1. The molecule has 0 spiro atoms. The molecule has 0 rings (SSSR count). The molecular formula is C21H42N8O5S. The highest BCUT2D eigenvalue weighted by atomic mass is 32.1. The number of guanidine groups is 1. The fraction of sp³-hybridized carbons (Fsp3) is 0.762. The summed E-state index contributed by atoms with van der Waals surface area (Å²) in [7, 11) is 0. The molecule has 0 radical (unpaired) electrons. The van der Waals surface area contributed by atoms with Crippen molar-refractivity contribution in [3.63, 3.8) is 0 Å². The molecule has 4 atom stereocenters. The summed E-state index contributed by atoms with van der Waals surface area (Å²) in [6.45, 7) is 4.36. The van der Waals surface area contributed by atoms with Gasteiger partial charge in [0.2, 0.25) is 17.7 Å². The number of nitrogens with zero attached hydrogens (tertiary/aromatic N) is 1. The molecule has 0 aromatic heterocycles. The van der Waals surface area contributed by atoms with E-state index in [0.717, 1.165) is 6.42 Å². The Morgan fingerprint density at radius 2 is 1.46 bits per heavy atom. The number of carboxylic acid groups (broad SMARTS) is 1. The van der Waals surface area contributed by atoms with Crippen LogP contribution in [0.5, 0.6) is 0 Å². The van der Waals surface area contributed by atoms with Crippen LogP contribution in [0.3, 0.4) is 0 Å². The third kappa shape index (κ3) is 14.4. The number of amides is 3. The van der Waals surface area contributed by atoms with Crippen LogP contribution in [0, 0.1) is 5.92 Å². The predicted octanol–water partition coefficient (Wildman–Crippen LogP) is -1.99. The SMILES string of the molecule is CC(C)CC(NC(=O)C(CCCN=C(N)N)NC(=O)C(CS)NC(=O)C(N)CCCCN)C(=O)O. The van der Waals surface area contributed by atoms with Crippen LogP contribution in [0.15, 0.2) is 4.99 Å². The second kappa shape index (κ2) is 17.8. The zero-order valence-corrected chi connectivity index (χ0v) is 21.4. The number of carbonyl (C=O) groups excluding carboxylic acids is 3. The van der Waals surface area contributed by atoms with Gasteiger partial charge in [-0.05, 0) is 44.6 Å². The molecule has 3 amide bonds. The van der Waals surface area contributed by atoms with Gasteiger partial charge in [-0.1, -0.05) is 20.3 Å². The zero-order valence-electron chi connectivity index (χ0n) is 20.5. The predicted molar refractivity (Wildman–Crippen MR) is 138 cm³/mol. The molecule has 12 N–H and O–H groups in total. The van der Waals surface area contributed by atoms with Crippen molar-refractivity contribution >= 4 is 42.3 Å². The number of aliphatic carboxylic acids is 1. The van der Waals surface area contributed by atoms with E-state index in [1.54, 1.807) is 0 Å². The van der Waals surface area contributed by atoms with E-state index in [0.29, 0.717) is 25.8 Å². The Kier molecular flexibility index (Phi) is 16.5. The number of hydrogen-bond acceptors (Lipinski definition) is 8. The van der Waals surface area contributed by atoms with E-state index in [9.17, 15) is 24.3 Å². The van der Waals surface area contributed by atoms with Crippen LogP contribution in [-0.2, 0) is 19.2 Å². The third-order valence-electron chi connectivity index (χ3n) is 5.02. The van der Waals surface area contributed by atoms with Crippen molar-refractivity contribution in [2.45, 2.75) is 76.5 Å². The molecule has 0 aromatic rings. The van der Waals surface area contributed by atoms with Crippen molar-refractivity contribution in [3.8, 4) is 0 Å². The standard InChI is InChI=1S/C21H42N8O5S/c1-12(2)10-15(20(33)34)28-18(31)14(7-5-9-26-21(24)25)27-19(32)16(11-35)29-17(30)13(23)6-3-4-8-22/h12-16,35H,3-11,22-23H2,1-2H3,(H,27,32)(H,28,31)(H,29,30)(H,33,34)(H4,24,25,26). The largest absolute Gasteiger partial charge is 0.480 e. The highest BCUT2D eigenvalue weighted by Gasteiger charge is 2.30. The monoisotopic (exact) mass is 518 g/mol. The number of nitrogens with two attached hydrogens (primary N) is 4. The highest BCUT2D eigenvalue weighted by molar-refractivity contribution is 7.80. The average Bonchev–Trinajstić information content (AvgIpc) is 2.77. The minimum absolute atomic E-state index is 0.0177. The molecule has 0 fully saturated rings. The molecule has 13 nitrogen and oxygen atoms in total. The molecule has 0 aromatic carbocycles. The summed E-state index contributed by atoms with van der Waals surface area (Å²) >= 11 is 4.13. The Morgan fingerprint density at radius 1 is 0.886 bits per heavy atom. The van der Waals surface area contributed by atoms with Crippen molar-refractivity contribution in [1.82, 2.24) is 16.0 Å². The van der Waals surface area contributed by atoms with Gasteiger partial charge in [0.15, 0.2) is 5.96 Å². The molecule has 35 heavy (non-hydrogen) atoms. The summed E-state index contributed by atoms with van der Waals surface area (Å²) in [5.74, 6) is -3.16. The lowest BCUT2D eigenvalue weighted by Gasteiger charge is -2.25. The first-order chi connectivity index (χ1) is 16.4. The second-order valence-electron chi connectivity index (χ2n) is 8.67. The van der Waals surface area contributed by atoms with Crippen molar-refractivity contribution < 1.29 is 24.3 Å². The normalized spacial score (nSPS) is 14.3. The van der Waals surface area contributed by atoms with Gasteiger partial charge in [-0.3, -0.25) is 19.4 Å². The molecule has 0 bridgehead atoms. The lowest BCUT2D eigenvalue weighted by Crippen LogP contribution is -2.57. The lowest BCUT2D eigenvalue weighted by atomic mass is 10.0. The number of carbonyl (C=O) groups is 4. The van der Waals surface area contributed by atoms with E-state index in [1.807, 2.05) is 13.8 Å². The summed E-state index contributed by atoms with van der Waals surface area (Å²) in [5, 5.41) is 17.0. The first-order valence-electron chi connectivity index (χ1n) is 11.7. The van der Waals surface area contributed by atoms with Gasteiger partial charge < -0.3 is 44.0 Å². The van der Waals surface area contributed by atoms with Gasteiger partial charge in [0.1, 0.15) is 18.1 Å². The minimum atomic E-state index is -1.18. The van der Waals surface area contributed by atoms with E-state index >= 15 is 0 Å². The van der Waals surface area contributed by atoms with Crippen LogP contribution in [0.25, 0.3) is 0 Å². The molecule has 0 aliphatic carbocycles. The van der Waals surface area contributed by atoms with E-state index in [-0.39, 0.29) is 37.0 Å². The Morgan fingerprint density at radius 3 is 1.97 bits per heavy atom. The van der Waals surface area contributed by atoms with Crippen LogP contribution >= 0.6 is 12.6 Å². The molecule has 14 heteroatoms. The van der Waals surface area contributed by atoms with Gasteiger partial charge in [-0.25, -0.2) is 4.79 Å². The van der Waals surface area contributed by atoms with E-state index in [2.05, 4.69) is 33.6 Å². The Bertz CT molecular complexity index is 718. The Hall–Kier alpha value is -2.58. The Balaban J connectivity index is 5.33. The van der Waals surface area contributed by atoms with Crippen molar-refractivity contribution in [1.29, 1.82) is 0 Å². The van der Waals surface area contributed by atoms with Crippen molar-refractivity contribution in [2.24, 2.45) is 33.8 Å². The van der Waals surface area contributed by atoms with Crippen LogP contribution < -0.4 is 38.9 Å². The molecule has 202 valence electrons. The smallest absolute Gasteiger partial charge is 0.326 e. The number of aliphatic imine (C=N–C) groups is 1.